The second kappa shape index (κ2) is 5.98. The van der Waals surface area contributed by atoms with Crippen molar-refractivity contribution in [3.8, 4) is 0 Å². The zero-order valence-electron chi connectivity index (χ0n) is 15.7. The first-order chi connectivity index (χ1) is 11.2. The van der Waals surface area contributed by atoms with Crippen molar-refractivity contribution in [2.24, 2.45) is 34.5 Å². The Kier molecular flexibility index (Phi) is 4.53. The largest absolute Gasteiger partial charge is 0.469 e. The van der Waals surface area contributed by atoms with Crippen molar-refractivity contribution in [1.82, 2.24) is 0 Å². The van der Waals surface area contributed by atoms with E-state index in [2.05, 4.69) is 13.8 Å². The van der Waals surface area contributed by atoms with Crippen LogP contribution in [-0.2, 0) is 9.53 Å². The van der Waals surface area contributed by atoms with Gasteiger partial charge in [-0.05, 0) is 80.0 Å². The number of rotatable bonds is 3. The minimum absolute atomic E-state index is 0.000280. The molecule has 3 rings (SSSR count). The van der Waals surface area contributed by atoms with Gasteiger partial charge in [0.1, 0.15) is 0 Å². The molecule has 0 amide bonds. The molecule has 3 fully saturated rings. The van der Waals surface area contributed by atoms with Crippen molar-refractivity contribution >= 4 is 5.97 Å². The molecule has 3 saturated carbocycles. The maximum atomic E-state index is 11.8. The molecule has 138 valence electrons. The van der Waals surface area contributed by atoms with E-state index in [0.29, 0.717) is 24.2 Å². The highest BCUT2D eigenvalue weighted by Gasteiger charge is 2.62. The number of ether oxygens (including phenoxy) is 1. The van der Waals surface area contributed by atoms with Gasteiger partial charge in [0.15, 0.2) is 0 Å². The molecule has 0 aromatic carbocycles. The molecule has 2 N–H and O–H groups in total. The Morgan fingerprint density at radius 2 is 1.75 bits per heavy atom. The molecule has 0 saturated heterocycles. The Morgan fingerprint density at radius 1 is 1.08 bits per heavy atom. The number of aliphatic hydroxyl groups excluding tert-OH is 1. The third kappa shape index (κ3) is 2.44. The number of hydrogen-bond donors (Lipinski definition) is 2. The topological polar surface area (TPSA) is 66.8 Å². The molecule has 0 bridgehead atoms. The number of hydrogen-bond acceptors (Lipinski definition) is 4. The molecule has 0 heterocycles. The van der Waals surface area contributed by atoms with Crippen molar-refractivity contribution in [3.05, 3.63) is 0 Å². The summed E-state index contributed by atoms with van der Waals surface area (Å²) in [5.74, 6) is 1.57. The van der Waals surface area contributed by atoms with E-state index in [9.17, 15) is 15.0 Å². The van der Waals surface area contributed by atoms with E-state index in [1.165, 1.54) is 7.11 Å². The van der Waals surface area contributed by atoms with Gasteiger partial charge in [0.05, 0.1) is 12.7 Å². The van der Waals surface area contributed by atoms with Crippen LogP contribution in [0.3, 0.4) is 0 Å². The molecule has 0 aromatic heterocycles. The van der Waals surface area contributed by atoms with Crippen LogP contribution < -0.4 is 0 Å². The SMILES string of the molecule is COC(=O)C[C@H]1CC[C@@H]2[C@H](CC[C@@]3(C)[C@H]2CC[C@]3(C)O)[C@@]1(C)CO. The smallest absolute Gasteiger partial charge is 0.305 e. The van der Waals surface area contributed by atoms with Gasteiger partial charge in [0, 0.05) is 13.0 Å². The number of methoxy groups -OCH3 is 1. The quantitative estimate of drug-likeness (QED) is 0.776. The standard InChI is InChI=1S/C20H34O4/c1-18(12-21)13(11-17(22)24-4)5-6-14-15(18)7-9-19(2)16(14)8-10-20(19,3)23/h13-16,21,23H,5-12H2,1-4H3/t13-,14-,15+,16+,18+,19+,20+/m1/s1. The Balaban J connectivity index is 1.86. The molecule has 3 aliphatic rings. The number of carbonyl (C=O) groups excluding carboxylic acids is 1. The third-order valence-corrected chi connectivity index (χ3v) is 8.61. The van der Waals surface area contributed by atoms with Crippen molar-refractivity contribution in [2.45, 2.75) is 71.3 Å². The fourth-order valence-corrected chi connectivity index (χ4v) is 6.64. The summed E-state index contributed by atoms with van der Waals surface area (Å²) < 4.78 is 4.89. The predicted octanol–water partition coefficient (Wildman–Crippen LogP) is 3.15. The fourth-order valence-electron chi connectivity index (χ4n) is 6.64. The van der Waals surface area contributed by atoms with E-state index in [-0.39, 0.29) is 29.3 Å². The first-order valence-electron chi connectivity index (χ1n) is 9.59. The molecular formula is C20H34O4. The van der Waals surface area contributed by atoms with Gasteiger partial charge >= 0.3 is 5.97 Å². The minimum atomic E-state index is -0.568. The van der Waals surface area contributed by atoms with Gasteiger partial charge in [-0.2, -0.15) is 0 Å². The summed E-state index contributed by atoms with van der Waals surface area (Å²) in [6.07, 6.45) is 6.54. The van der Waals surface area contributed by atoms with Crippen LogP contribution in [0, 0.1) is 34.5 Å². The van der Waals surface area contributed by atoms with Gasteiger partial charge < -0.3 is 14.9 Å². The highest BCUT2D eigenvalue weighted by atomic mass is 16.5. The average molecular weight is 338 g/mol. The van der Waals surface area contributed by atoms with Crippen LogP contribution >= 0.6 is 0 Å². The monoisotopic (exact) mass is 338 g/mol. The van der Waals surface area contributed by atoms with E-state index in [1.54, 1.807) is 0 Å². The Hall–Kier alpha value is -0.610. The maximum Gasteiger partial charge on any atom is 0.305 e. The van der Waals surface area contributed by atoms with Crippen LogP contribution in [0.5, 0.6) is 0 Å². The lowest BCUT2D eigenvalue weighted by molar-refractivity contribution is -0.158. The maximum absolute atomic E-state index is 11.8. The summed E-state index contributed by atoms with van der Waals surface area (Å²) in [5, 5.41) is 21.2. The number of aliphatic hydroxyl groups is 2. The molecule has 0 radical (unpaired) electrons. The Bertz CT molecular complexity index is 502. The van der Waals surface area contributed by atoms with Gasteiger partial charge in [-0.25, -0.2) is 0 Å². The number of fused-ring (bicyclic) bond motifs is 3. The second-order valence-electron chi connectivity index (χ2n) is 9.36. The van der Waals surface area contributed by atoms with Gasteiger partial charge in [-0.3, -0.25) is 4.79 Å². The average Bonchev–Trinajstić information content (AvgIpc) is 2.80. The number of esters is 1. The molecule has 0 unspecified atom stereocenters. The van der Waals surface area contributed by atoms with E-state index < -0.39 is 5.60 Å². The van der Waals surface area contributed by atoms with Crippen LogP contribution in [0.2, 0.25) is 0 Å². The van der Waals surface area contributed by atoms with E-state index in [4.69, 9.17) is 4.74 Å². The molecule has 0 aromatic rings. The molecule has 24 heavy (non-hydrogen) atoms. The lowest BCUT2D eigenvalue weighted by Gasteiger charge is -2.59. The van der Waals surface area contributed by atoms with E-state index in [0.717, 1.165) is 38.5 Å². The molecule has 0 spiro atoms. The van der Waals surface area contributed by atoms with Crippen LogP contribution in [0.4, 0.5) is 0 Å². The Morgan fingerprint density at radius 3 is 2.38 bits per heavy atom. The highest BCUT2D eigenvalue weighted by Crippen LogP contribution is 2.66. The molecule has 4 heteroatoms. The van der Waals surface area contributed by atoms with Gasteiger partial charge in [-0.15, -0.1) is 0 Å². The lowest BCUT2D eigenvalue weighted by Crippen LogP contribution is -2.56. The fraction of sp³-hybridized carbons (Fsp3) is 0.950. The second-order valence-corrected chi connectivity index (χ2v) is 9.36. The number of carbonyl (C=O) groups is 1. The van der Waals surface area contributed by atoms with E-state index in [1.807, 2.05) is 6.92 Å². The summed E-state index contributed by atoms with van der Waals surface area (Å²) in [7, 11) is 1.44. The summed E-state index contributed by atoms with van der Waals surface area (Å²) >= 11 is 0. The summed E-state index contributed by atoms with van der Waals surface area (Å²) in [4.78, 5) is 11.8. The molecular weight excluding hydrogens is 304 g/mol. The van der Waals surface area contributed by atoms with Crippen molar-refractivity contribution in [1.29, 1.82) is 0 Å². The minimum Gasteiger partial charge on any atom is -0.469 e. The summed E-state index contributed by atoms with van der Waals surface area (Å²) in [6, 6.07) is 0. The lowest BCUT2D eigenvalue weighted by atomic mass is 9.46. The zero-order chi connectivity index (χ0) is 17.8. The zero-order valence-corrected chi connectivity index (χ0v) is 15.7. The predicted molar refractivity (Wildman–Crippen MR) is 92.2 cm³/mol. The van der Waals surface area contributed by atoms with Gasteiger partial charge in [0.25, 0.3) is 0 Å². The summed E-state index contributed by atoms with van der Waals surface area (Å²) in [5.41, 5.74) is -0.784. The molecule has 3 aliphatic carbocycles. The molecule has 7 atom stereocenters. The van der Waals surface area contributed by atoms with Crippen molar-refractivity contribution in [3.63, 3.8) is 0 Å². The van der Waals surface area contributed by atoms with Gasteiger partial charge in [-0.1, -0.05) is 13.8 Å². The summed E-state index contributed by atoms with van der Waals surface area (Å²) in [6.45, 7) is 6.60. The molecule has 0 aliphatic heterocycles. The van der Waals surface area contributed by atoms with Gasteiger partial charge in [0.2, 0.25) is 0 Å². The van der Waals surface area contributed by atoms with Crippen LogP contribution in [0.15, 0.2) is 0 Å². The van der Waals surface area contributed by atoms with Crippen LogP contribution in [-0.4, -0.2) is 35.5 Å². The van der Waals surface area contributed by atoms with Crippen molar-refractivity contribution in [2.75, 3.05) is 13.7 Å². The first-order valence-corrected chi connectivity index (χ1v) is 9.59. The highest BCUT2D eigenvalue weighted by molar-refractivity contribution is 5.69. The molecule has 4 nitrogen and oxygen atoms in total. The third-order valence-electron chi connectivity index (χ3n) is 8.61. The van der Waals surface area contributed by atoms with E-state index >= 15 is 0 Å². The normalized spacial score (nSPS) is 50.9. The Labute approximate surface area is 146 Å². The first kappa shape index (κ1) is 18.2. The van der Waals surface area contributed by atoms with Crippen LogP contribution in [0.25, 0.3) is 0 Å². The van der Waals surface area contributed by atoms with Crippen LogP contribution in [0.1, 0.15) is 65.7 Å². The van der Waals surface area contributed by atoms with Crippen molar-refractivity contribution < 1.29 is 19.7 Å².